The van der Waals surface area contributed by atoms with E-state index in [0.717, 1.165) is 24.2 Å². The zero-order chi connectivity index (χ0) is 16.0. The van der Waals surface area contributed by atoms with Gasteiger partial charge in [-0.3, -0.25) is 0 Å². The first-order valence-electron chi connectivity index (χ1n) is 9.95. The Kier molecular flexibility index (Phi) is 4.04. The van der Waals surface area contributed by atoms with E-state index in [1.165, 1.54) is 32.1 Å². The maximum Gasteiger partial charge on any atom is 0.0220 e. The van der Waals surface area contributed by atoms with E-state index in [-0.39, 0.29) is 5.54 Å². The molecule has 4 aliphatic carbocycles. The molecule has 4 aliphatic rings. The Balaban J connectivity index is 1.60. The van der Waals surface area contributed by atoms with Crippen molar-refractivity contribution in [2.24, 2.45) is 47.2 Å². The van der Waals surface area contributed by atoms with Crippen LogP contribution in [0.15, 0.2) is 36.5 Å². The molecule has 1 heteroatoms. The lowest BCUT2D eigenvalue weighted by molar-refractivity contribution is 0.173. The molecule has 0 aliphatic heterocycles. The van der Waals surface area contributed by atoms with Crippen molar-refractivity contribution in [1.29, 1.82) is 0 Å². The molecule has 0 spiro atoms. The van der Waals surface area contributed by atoms with Crippen LogP contribution in [0.1, 0.15) is 52.4 Å². The summed E-state index contributed by atoms with van der Waals surface area (Å²) in [5.74, 6) is 5.05. The Morgan fingerprint density at radius 1 is 0.913 bits per heavy atom. The van der Waals surface area contributed by atoms with Gasteiger partial charge in [0.25, 0.3) is 0 Å². The van der Waals surface area contributed by atoms with E-state index < -0.39 is 0 Å². The Hall–Kier alpha value is -0.820. The fraction of sp³-hybridized carbons (Fsp3) is 0.727. The van der Waals surface area contributed by atoms with E-state index in [1.807, 2.05) is 0 Å². The van der Waals surface area contributed by atoms with Gasteiger partial charge in [0.15, 0.2) is 0 Å². The molecule has 1 fully saturated rings. The van der Waals surface area contributed by atoms with Gasteiger partial charge in [0.1, 0.15) is 0 Å². The highest BCUT2D eigenvalue weighted by Crippen LogP contribution is 2.57. The summed E-state index contributed by atoms with van der Waals surface area (Å²) in [5, 5.41) is 0. The number of hydrogen-bond acceptors (Lipinski definition) is 1. The minimum Gasteiger partial charge on any atom is -0.325 e. The number of rotatable bonds is 2. The number of allylic oxidation sites excluding steroid dienone is 6. The lowest BCUT2D eigenvalue weighted by Gasteiger charge is -2.41. The summed E-state index contributed by atoms with van der Waals surface area (Å²) in [7, 11) is 0. The predicted octanol–water partition coefficient (Wildman–Crippen LogP) is 5.10. The van der Waals surface area contributed by atoms with Gasteiger partial charge in [-0.15, -0.1) is 0 Å². The lowest BCUT2D eigenvalue weighted by Crippen LogP contribution is -2.50. The van der Waals surface area contributed by atoms with E-state index in [9.17, 15) is 0 Å². The van der Waals surface area contributed by atoms with E-state index in [0.29, 0.717) is 23.7 Å². The zero-order valence-electron chi connectivity index (χ0n) is 14.8. The summed E-state index contributed by atoms with van der Waals surface area (Å²) < 4.78 is 0. The van der Waals surface area contributed by atoms with Crippen molar-refractivity contribution < 1.29 is 0 Å². The van der Waals surface area contributed by atoms with Crippen molar-refractivity contribution in [2.45, 2.75) is 57.9 Å². The molecule has 4 rings (SSSR count). The van der Waals surface area contributed by atoms with E-state index in [4.69, 9.17) is 5.73 Å². The van der Waals surface area contributed by atoms with Crippen LogP contribution in [0.4, 0.5) is 0 Å². The van der Waals surface area contributed by atoms with E-state index in [1.54, 1.807) is 0 Å². The molecule has 0 amide bonds. The average molecular weight is 312 g/mol. The van der Waals surface area contributed by atoms with E-state index >= 15 is 0 Å². The first-order valence-corrected chi connectivity index (χ1v) is 9.95. The first-order chi connectivity index (χ1) is 11.1. The number of fused-ring (bicyclic) bond motifs is 3. The van der Waals surface area contributed by atoms with Crippen molar-refractivity contribution >= 4 is 0 Å². The molecule has 0 aromatic rings. The minimum absolute atomic E-state index is 0.0643. The average Bonchev–Trinajstić information content (AvgIpc) is 2.85. The molecular weight excluding hydrogens is 278 g/mol. The Labute approximate surface area is 142 Å². The summed E-state index contributed by atoms with van der Waals surface area (Å²) in [4.78, 5) is 0. The highest BCUT2D eigenvalue weighted by atomic mass is 14.8. The maximum atomic E-state index is 7.10. The smallest absolute Gasteiger partial charge is 0.0220 e. The topological polar surface area (TPSA) is 26.0 Å². The summed E-state index contributed by atoms with van der Waals surface area (Å²) in [6, 6.07) is 0. The molecule has 2 unspecified atom stereocenters. The van der Waals surface area contributed by atoms with Crippen molar-refractivity contribution in [3.8, 4) is 0 Å². The quantitative estimate of drug-likeness (QED) is 0.705. The lowest BCUT2D eigenvalue weighted by atomic mass is 9.67. The second-order valence-corrected chi connectivity index (χ2v) is 8.73. The van der Waals surface area contributed by atoms with Crippen LogP contribution in [0.2, 0.25) is 0 Å². The van der Waals surface area contributed by atoms with Crippen molar-refractivity contribution in [3.63, 3.8) is 0 Å². The zero-order valence-corrected chi connectivity index (χ0v) is 14.8. The van der Waals surface area contributed by atoms with Gasteiger partial charge in [-0.1, -0.05) is 50.3 Å². The third-order valence-electron chi connectivity index (χ3n) is 7.67. The molecule has 0 saturated heterocycles. The van der Waals surface area contributed by atoms with Crippen LogP contribution in [0.25, 0.3) is 0 Å². The summed E-state index contributed by atoms with van der Waals surface area (Å²) in [5.41, 5.74) is 7.16. The standard InChI is InChI=1S/C22H33N/c1-3-22(23)20-7-5-4-6-18(20)19-13-12-17(14-21(19)22)16-10-8-15(2)9-11-16/h4,6,8,10,12-13,15-21H,3,5,7,9,11,14,23H2,1-2H3/t15-,16+,17-,18?,19-,20+,21?,22-/m1/s1. The second-order valence-electron chi connectivity index (χ2n) is 8.73. The Bertz CT molecular complexity index is 530. The fourth-order valence-corrected chi connectivity index (χ4v) is 6.24. The van der Waals surface area contributed by atoms with Gasteiger partial charge in [0.05, 0.1) is 0 Å². The van der Waals surface area contributed by atoms with Gasteiger partial charge in [-0.25, -0.2) is 0 Å². The van der Waals surface area contributed by atoms with Crippen molar-refractivity contribution in [3.05, 3.63) is 36.5 Å². The van der Waals surface area contributed by atoms with Gasteiger partial charge in [-0.05, 0) is 80.0 Å². The third-order valence-corrected chi connectivity index (χ3v) is 7.67. The molecule has 23 heavy (non-hydrogen) atoms. The van der Waals surface area contributed by atoms with Gasteiger partial charge >= 0.3 is 0 Å². The Morgan fingerprint density at radius 3 is 2.43 bits per heavy atom. The number of nitrogens with two attached hydrogens (primary N) is 1. The van der Waals surface area contributed by atoms with Crippen molar-refractivity contribution in [2.75, 3.05) is 0 Å². The van der Waals surface area contributed by atoms with Crippen LogP contribution in [0, 0.1) is 41.4 Å². The van der Waals surface area contributed by atoms with Crippen LogP contribution >= 0.6 is 0 Å². The molecule has 2 N–H and O–H groups in total. The highest BCUT2D eigenvalue weighted by molar-refractivity contribution is 5.24. The number of hydrogen-bond donors (Lipinski definition) is 1. The maximum absolute atomic E-state index is 7.10. The fourth-order valence-electron chi connectivity index (χ4n) is 6.24. The van der Waals surface area contributed by atoms with Gasteiger partial charge in [0.2, 0.25) is 0 Å². The van der Waals surface area contributed by atoms with Gasteiger partial charge in [0, 0.05) is 5.54 Å². The molecule has 0 aromatic carbocycles. The van der Waals surface area contributed by atoms with Crippen molar-refractivity contribution in [1.82, 2.24) is 0 Å². The minimum atomic E-state index is 0.0643. The van der Waals surface area contributed by atoms with Gasteiger partial charge < -0.3 is 5.73 Å². The molecule has 1 nitrogen and oxygen atoms in total. The summed E-state index contributed by atoms with van der Waals surface area (Å²) in [6.07, 6.45) is 22.7. The molecular formula is C22H33N. The second kappa shape index (κ2) is 5.92. The molecule has 126 valence electrons. The Morgan fingerprint density at radius 2 is 1.70 bits per heavy atom. The molecule has 8 atom stereocenters. The highest BCUT2D eigenvalue weighted by Gasteiger charge is 2.56. The van der Waals surface area contributed by atoms with Crippen LogP contribution in [-0.4, -0.2) is 5.54 Å². The molecule has 0 bridgehead atoms. The largest absolute Gasteiger partial charge is 0.325 e. The molecule has 0 radical (unpaired) electrons. The van der Waals surface area contributed by atoms with Crippen LogP contribution < -0.4 is 5.73 Å². The first kappa shape index (κ1) is 15.7. The molecule has 0 heterocycles. The van der Waals surface area contributed by atoms with Crippen LogP contribution in [0.3, 0.4) is 0 Å². The predicted molar refractivity (Wildman–Crippen MR) is 97.8 cm³/mol. The third kappa shape index (κ3) is 2.47. The normalized spacial score (nSPS) is 51.5. The molecule has 0 aromatic heterocycles. The monoisotopic (exact) mass is 311 g/mol. The summed E-state index contributed by atoms with van der Waals surface area (Å²) >= 11 is 0. The van der Waals surface area contributed by atoms with Crippen LogP contribution in [0.5, 0.6) is 0 Å². The van der Waals surface area contributed by atoms with Crippen LogP contribution in [-0.2, 0) is 0 Å². The SMILES string of the molecule is CC[C@]1(N)C2C[C@H]([C@H]3C=C[C@@H](C)CC3)C=C[C@@H]2C2C=CCC[C@@H]21. The molecule has 1 saturated carbocycles. The summed E-state index contributed by atoms with van der Waals surface area (Å²) in [6.45, 7) is 4.67. The van der Waals surface area contributed by atoms with E-state index in [2.05, 4.69) is 50.3 Å². The van der Waals surface area contributed by atoms with Gasteiger partial charge in [-0.2, -0.15) is 0 Å².